The monoisotopic (exact) mass is 292 g/mol. The normalized spacial score (nSPS) is 29.3. The van der Waals surface area contributed by atoms with Gasteiger partial charge in [-0.25, -0.2) is 0 Å². The summed E-state index contributed by atoms with van der Waals surface area (Å²) in [6.45, 7) is 11.5. The SMILES string of the molecule is CC(C)C1CCN(CC2CCC3(CCNCC3)CC2)CC1. The second-order valence-electron chi connectivity index (χ2n) is 8.58. The average Bonchev–Trinajstić information content (AvgIpc) is 2.51. The summed E-state index contributed by atoms with van der Waals surface area (Å²) in [7, 11) is 0. The fraction of sp³-hybridized carbons (Fsp3) is 1.00. The molecule has 2 aliphatic heterocycles. The third-order valence-corrected chi connectivity index (χ3v) is 6.92. The van der Waals surface area contributed by atoms with E-state index in [9.17, 15) is 0 Å². The molecule has 0 aromatic heterocycles. The van der Waals surface area contributed by atoms with Crippen molar-refractivity contribution < 1.29 is 0 Å². The minimum Gasteiger partial charge on any atom is -0.317 e. The van der Waals surface area contributed by atoms with Crippen LogP contribution in [-0.4, -0.2) is 37.6 Å². The Kier molecular flexibility index (Phi) is 5.27. The van der Waals surface area contributed by atoms with Crippen molar-refractivity contribution in [3.8, 4) is 0 Å². The third kappa shape index (κ3) is 4.01. The minimum atomic E-state index is 0.742. The quantitative estimate of drug-likeness (QED) is 0.848. The van der Waals surface area contributed by atoms with Crippen LogP contribution < -0.4 is 5.32 Å². The van der Waals surface area contributed by atoms with Gasteiger partial charge in [0.15, 0.2) is 0 Å². The molecule has 2 heterocycles. The number of nitrogens with zero attached hydrogens (tertiary/aromatic N) is 1. The highest BCUT2D eigenvalue weighted by molar-refractivity contribution is 4.90. The standard InChI is InChI=1S/C19H36N2/c1-16(2)18-5-13-21(14-6-18)15-17-3-7-19(8-4-17)9-11-20-12-10-19/h16-18,20H,3-15H2,1-2H3. The molecule has 3 aliphatic rings. The van der Waals surface area contributed by atoms with E-state index >= 15 is 0 Å². The van der Waals surface area contributed by atoms with E-state index < -0.39 is 0 Å². The molecular formula is C19H36N2. The highest BCUT2D eigenvalue weighted by Gasteiger charge is 2.36. The lowest BCUT2D eigenvalue weighted by molar-refractivity contribution is 0.0745. The summed E-state index contributed by atoms with van der Waals surface area (Å²) in [5, 5.41) is 3.54. The molecule has 122 valence electrons. The molecule has 3 fully saturated rings. The van der Waals surface area contributed by atoms with Crippen LogP contribution in [-0.2, 0) is 0 Å². The summed E-state index contributed by atoms with van der Waals surface area (Å²) in [6.07, 6.45) is 11.8. The zero-order valence-corrected chi connectivity index (χ0v) is 14.4. The van der Waals surface area contributed by atoms with Crippen LogP contribution in [0.1, 0.15) is 65.2 Å². The lowest BCUT2D eigenvalue weighted by Gasteiger charge is -2.44. The second-order valence-corrected chi connectivity index (χ2v) is 8.58. The first-order chi connectivity index (χ1) is 10.2. The van der Waals surface area contributed by atoms with Crippen molar-refractivity contribution in [1.29, 1.82) is 0 Å². The Bertz CT molecular complexity index is 302. The lowest BCUT2D eigenvalue weighted by Crippen LogP contribution is -2.42. The molecule has 0 aromatic carbocycles. The van der Waals surface area contributed by atoms with Gasteiger partial charge in [-0.15, -0.1) is 0 Å². The Morgan fingerprint density at radius 1 is 0.952 bits per heavy atom. The predicted octanol–water partition coefficient (Wildman–Crippen LogP) is 3.91. The van der Waals surface area contributed by atoms with E-state index in [1.807, 2.05) is 0 Å². The van der Waals surface area contributed by atoms with Crippen molar-refractivity contribution in [2.75, 3.05) is 32.7 Å². The van der Waals surface area contributed by atoms with Gasteiger partial charge >= 0.3 is 0 Å². The molecule has 2 saturated heterocycles. The van der Waals surface area contributed by atoms with Crippen LogP contribution in [0, 0.1) is 23.2 Å². The average molecular weight is 293 g/mol. The van der Waals surface area contributed by atoms with Crippen molar-refractivity contribution in [1.82, 2.24) is 10.2 Å². The first-order valence-electron chi connectivity index (χ1n) is 9.60. The van der Waals surface area contributed by atoms with E-state index in [4.69, 9.17) is 0 Å². The number of piperidine rings is 2. The molecule has 1 spiro atoms. The van der Waals surface area contributed by atoms with Crippen LogP contribution in [0.5, 0.6) is 0 Å². The van der Waals surface area contributed by atoms with Crippen LogP contribution in [0.15, 0.2) is 0 Å². The van der Waals surface area contributed by atoms with E-state index in [0.717, 1.165) is 23.2 Å². The van der Waals surface area contributed by atoms with Crippen molar-refractivity contribution in [2.45, 2.75) is 65.2 Å². The van der Waals surface area contributed by atoms with Crippen LogP contribution in [0.25, 0.3) is 0 Å². The molecule has 3 rings (SSSR count). The largest absolute Gasteiger partial charge is 0.317 e. The number of likely N-dealkylation sites (tertiary alicyclic amines) is 1. The smallest absolute Gasteiger partial charge is 0.000967 e. The van der Waals surface area contributed by atoms with E-state index in [1.54, 1.807) is 0 Å². The molecule has 1 saturated carbocycles. The van der Waals surface area contributed by atoms with Gasteiger partial charge in [-0.05, 0) is 101 Å². The van der Waals surface area contributed by atoms with E-state index in [0.29, 0.717) is 0 Å². The summed E-state index contributed by atoms with van der Waals surface area (Å²) in [4.78, 5) is 2.78. The van der Waals surface area contributed by atoms with E-state index in [1.165, 1.54) is 84.1 Å². The second kappa shape index (κ2) is 7.00. The van der Waals surface area contributed by atoms with Gasteiger partial charge in [0.05, 0.1) is 0 Å². The summed E-state index contributed by atoms with van der Waals surface area (Å²) in [5.74, 6) is 2.88. The van der Waals surface area contributed by atoms with Gasteiger partial charge in [0.25, 0.3) is 0 Å². The minimum absolute atomic E-state index is 0.742. The maximum Gasteiger partial charge on any atom is 0.000967 e. The molecule has 0 atom stereocenters. The topological polar surface area (TPSA) is 15.3 Å². The Hall–Kier alpha value is -0.0800. The van der Waals surface area contributed by atoms with Gasteiger partial charge in [0, 0.05) is 6.54 Å². The number of hydrogen-bond donors (Lipinski definition) is 1. The highest BCUT2D eigenvalue weighted by Crippen LogP contribution is 2.45. The fourth-order valence-corrected chi connectivity index (χ4v) is 5.10. The van der Waals surface area contributed by atoms with Crippen LogP contribution >= 0.6 is 0 Å². The van der Waals surface area contributed by atoms with Crippen LogP contribution in [0.3, 0.4) is 0 Å². The molecule has 21 heavy (non-hydrogen) atoms. The van der Waals surface area contributed by atoms with Gasteiger partial charge in [0.2, 0.25) is 0 Å². The molecule has 2 nitrogen and oxygen atoms in total. The Morgan fingerprint density at radius 2 is 1.57 bits per heavy atom. The third-order valence-electron chi connectivity index (χ3n) is 6.92. The fourth-order valence-electron chi connectivity index (χ4n) is 5.10. The van der Waals surface area contributed by atoms with E-state index in [-0.39, 0.29) is 0 Å². The first kappa shape index (κ1) is 15.8. The Balaban J connectivity index is 1.40. The lowest BCUT2D eigenvalue weighted by atomic mass is 9.65. The van der Waals surface area contributed by atoms with Crippen molar-refractivity contribution in [3.63, 3.8) is 0 Å². The molecule has 0 amide bonds. The summed E-state index contributed by atoms with van der Waals surface area (Å²) >= 11 is 0. The molecule has 0 aromatic rings. The van der Waals surface area contributed by atoms with Crippen LogP contribution in [0.4, 0.5) is 0 Å². The van der Waals surface area contributed by atoms with Gasteiger partial charge in [-0.1, -0.05) is 13.8 Å². The highest BCUT2D eigenvalue weighted by atomic mass is 15.1. The zero-order chi connectivity index (χ0) is 14.7. The first-order valence-corrected chi connectivity index (χ1v) is 9.60. The van der Waals surface area contributed by atoms with Gasteiger partial charge in [-0.2, -0.15) is 0 Å². The summed E-state index contributed by atoms with van der Waals surface area (Å²) in [5.41, 5.74) is 0.742. The van der Waals surface area contributed by atoms with Gasteiger partial charge in [-0.3, -0.25) is 0 Å². The van der Waals surface area contributed by atoms with Crippen molar-refractivity contribution in [3.05, 3.63) is 0 Å². The Morgan fingerprint density at radius 3 is 2.14 bits per heavy atom. The van der Waals surface area contributed by atoms with Gasteiger partial charge in [0.1, 0.15) is 0 Å². The maximum atomic E-state index is 3.54. The van der Waals surface area contributed by atoms with Crippen LogP contribution in [0.2, 0.25) is 0 Å². The summed E-state index contributed by atoms with van der Waals surface area (Å²) in [6, 6.07) is 0. The molecule has 0 unspecified atom stereocenters. The Labute approximate surface area is 132 Å². The molecule has 2 heteroatoms. The van der Waals surface area contributed by atoms with Crippen molar-refractivity contribution in [2.24, 2.45) is 23.2 Å². The predicted molar refractivity (Wildman–Crippen MR) is 90.5 cm³/mol. The van der Waals surface area contributed by atoms with E-state index in [2.05, 4.69) is 24.1 Å². The molecule has 0 bridgehead atoms. The number of rotatable bonds is 3. The van der Waals surface area contributed by atoms with Gasteiger partial charge < -0.3 is 10.2 Å². The molecular weight excluding hydrogens is 256 g/mol. The molecule has 1 N–H and O–H groups in total. The molecule has 0 radical (unpaired) electrons. The zero-order valence-electron chi connectivity index (χ0n) is 14.4. The maximum absolute atomic E-state index is 3.54. The number of nitrogens with one attached hydrogen (secondary N) is 1. The summed E-state index contributed by atoms with van der Waals surface area (Å²) < 4.78 is 0. The van der Waals surface area contributed by atoms with Crippen molar-refractivity contribution >= 4 is 0 Å². The number of hydrogen-bond acceptors (Lipinski definition) is 2. The molecule has 1 aliphatic carbocycles.